The maximum atomic E-state index is 3.99. The van der Waals surface area contributed by atoms with Crippen LogP contribution >= 0.6 is 0 Å². The van der Waals surface area contributed by atoms with Crippen molar-refractivity contribution in [2.45, 2.75) is 32.1 Å². The summed E-state index contributed by atoms with van der Waals surface area (Å²) >= 11 is 0. The third-order valence-electron chi connectivity index (χ3n) is 3.71. The van der Waals surface area contributed by atoms with Gasteiger partial charge in [-0.3, -0.25) is 7.05 Å². The molecule has 1 saturated carbocycles. The van der Waals surface area contributed by atoms with Gasteiger partial charge in [0.05, 0.1) is 0 Å². The number of nitrogens with zero attached hydrogens (tertiary/aromatic N) is 2. The Kier molecular flexibility index (Phi) is 3.82. The predicted octanol–water partition coefficient (Wildman–Crippen LogP) is 1.98. The zero-order chi connectivity index (χ0) is 9.80. The van der Waals surface area contributed by atoms with E-state index in [2.05, 4.69) is 16.8 Å². The lowest BCUT2D eigenvalue weighted by Gasteiger charge is -2.39. The Morgan fingerprint density at radius 1 is 0.929 bits per heavy atom. The van der Waals surface area contributed by atoms with Gasteiger partial charge >= 0.3 is 0 Å². The summed E-state index contributed by atoms with van der Waals surface area (Å²) in [7, 11) is 3.99. The molecule has 1 aliphatic heterocycles. The van der Waals surface area contributed by atoms with E-state index in [0.29, 0.717) is 0 Å². The predicted molar refractivity (Wildman–Crippen MR) is 59.9 cm³/mol. The van der Waals surface area contributed by atoms with E-state index in [9.17, 15) is 0 Å². The Morgan fingerprint density at radius 2 is 1.57 bits per heavy atom. The monoisotopic (exact) mass is 195 g/mol. The van der Waals surface area contributed by atoms with Gasteiger partial charge in [0.25, 0.3) is 0 Å². The summed E-state index contributed by atoms with van der Waals surface area (Å²) in [6.45, 7) is 6.15. The Balaban J connectivity index is 1.68. The summed E-state index contributed by atoms with van der Waals surface area (Å²) in [6.07, 6.45) is 7.37. The summed E-state index contributed by atoms with van der Waals surface area (Å²) in [5, 5.41) is 0. The molecule has 2 aliphatic rings. The smallest absolute Gasteiger partial charge is 0.00858 e. The Hall–Kier alpha value is -0.0800. The fraction of sp³-hybridized carbons (Fsp3) is 0.917. The minimum atomic E-state index is 1.00. The van der Waals surface area contributed by atoms with Crippen LogP contribution in [-0.4, -0.2) is 42.5 Å². The topological polar surface area (TPSA) is 6.48 Å². The van der Waals surface area contributed by atoms with Gasteiger partial charge in [0.2, 0.25) is 0 Å². The number of piperazine rings is 1. The summed E-state index contributed by atoms with van der Waals surface area (Å²) < 4.78 is 0. The van der Waals surface area contributed by atoms with Crippen molar-refractivity contribution in [2.75, 3.05) is 32.7 Å². The molecule has 0 N–H and O–H groups in total. The van der Waals surface area contributed by atoms with E-state index in [0.717, 1.165) is 19.0 Å². The quantitative estimate of drug-likeness (QED) is 0.622. The van der Waals surface area contributed by atoms with Gasteiger partial charge in [-0.25, -0.2) is 0 Å². The fourth-order valence-electron chi connectivity index (χ4n) is 2.71. The van der Waals surface area contributed by atoms with Gasteiger partial charge in [-0.05, 0) is 31.8 Å². The third-order valence-corrected chi connectivity index (χ3v) is 3.71. The SMILES string of the molecule is [CH2-]N1CCN(CC2CCCCC2)CC1. The van der Waals surface area contributed by atoms with Gasteiger partial charge in [-0.2, -0.15) is 0 Å². The van der Waals surface area contributed by atoms with Crippen molar-refractivity contribution in [2.24, 2.45) is 5.92 Å². The largest absolute Gasteiger partial charge is 0.457 e. The van der Waals surface area contributed by atoms with Crippen LogP contribution in [0.25, 0.3) is 0 Å². The molecule has 0 atom stereocenters. The summed E-state index contributed by atoms with van der Waals surface area (Å²) in [5.41, 5.74) is 0. The minimum Gasteiger partial charge on any atom is -0.457 e. The molecular formula is C12H23N2-. The van der Waals surface area contributed by atoms with Crippen molar-refractivity contribution in [3.8, 4) is 0 Å². The first-order valence-electron chi connectivity index (χ1n) is 6.12. The number of hydrogen-bond donors (Lipinski definition) is 0. The highest BCUT2D eigenvalue weighted by Gasteiger charge is 2.18. The molecule has 1 heterocycles. The van der Waals surface area contributed by atoms with Crippen LogP contribution in [0, 0.1) is 13.0 Å². The fourth-order valence-corrected chi connectivity index (χ4v) is 2.71. The van der Waals surface area contributed by atoms with Gasteiger partial charge in [-0.15, -0.1) is 0 Å². The number of hydrogen-bond acceptors (Lipinski definition) is 2. The lowest BCUT2D eigenvalue weighted by Crippen LogP contribution is -2.45. The van der Waals surface area contributed by atoms with E-state index in [-0.39, 0.29) is 0 Å². The maximum Gasteiger partial charge on any atom is 0.00858 e. The molecule has 0 aromatic rings. The second-order valence-corrected chi connectivity index (χ2v) is 4.92. The molecule has 0 radical (unpaired) electrons. The van der Waals surface area contributed by atoms with Crippen LogP contribution in [0.5, 0.6) is 0 Å². The highest BCUT2D eigenvalue weighted by atomic mass is 15.2. The van der Waals surface area contributed by atoms with E-state index >= 15 is 0 Å². The summed E-state index contributed by atoms with van der Waals surface area (Å²) in [6, 6.07) is 0. The average molecular weight is 195 g/mol. The first kappa shape index (κ1) is 10.4. The van der Waals surface area contributed by atoms with Crippen LogP contribution in [0.4, 0.5) is 0 Å². The molecule has 1 aliphatic carbocycles. The second-order valence-electron chi connectivity index (χ2n) is 4.92. The maximum absolute atomic E-state index is 3.99. The van der Waals surface area contributed by atoms with E-state index < -0.39 is 0 Å². The normalized spacial score (nSPS) is 28.1. The van der Waals surface area contributed by atoms with E-state index in [1.54, 1.807) is 0 Å². The highest BCUT2D eigenvalue weighted by molar-refractivity contribution is 4.75. The molecule has 0 spiro atoms. The van der Waals surface area contributed by atoms with Gasteiger partial charge in [-0.1, -0.05) is 19.3 Å². The first-order chi connectivity index (χ1) is 6.84. The molecule has 0 amide bonds. The van der Waals surface area contributed by atoms with Crippen LogP contribution < -0.4 is 0 Å². The van der Waals surface area contributed by atoms with Crippen LogP contribution in [0.15, 0.2) is 0 Å². The molecule has 1 saturated heterocycles. The second kappa shape index (κ2) is 5.13. The first-order valence-corrected chi connectivity index (χ1v) is 6.12. The molecule has 0 unspecified atom stereocenters. The zero-order valence-electron chi connectivity index (χ0n) is 9.25. The van der Waals surface area contributed by atoms with Crippen molar-refractivity contribution in [1.29, 1.82) is 0 Å². The number of rotatable bonds is 2. The Morgan fingerprint density at radius 3 is 2.21 bits per heavy atom. The van der Waals surface area contributed by atoms with E-state index in [1.165, 1.54) is 51.7 Å². The molecule has 0 aromatic heterocycles. The van der Waals surface area contributed by atoms with Crippen molar-refractivity contribution in [3.05, 3.63) is 7.05 Å². The van der Waals surface area contributed by atoms with Gasteiger partial charge in [0, 0.05) is 19.6 Å². The molecule has 2 nitrogen and oxygen atoms in total. The van der Waals surface area contributed by atoms with Crippen LogP contribution in [0.1, 0.15) is 32.1 Å². The van der Waals surface area contributed by atoms with Gasteiger partial charge in [0.15, 0.2) is 0 Å². The molecule has 0 bridgehead atoms. The zero-order valence-corrected chi connectivity index (χ0v) is 9.25. The molecule has 2 heteroatoms. The molecule has 2 rings (SSSR count). The minimum absolute atomic E-state index is 1.00. The highest BCUT2D eigenvalue weighted by Crippen LogP contribution is 2.24. The van der Waals surface area contributed by atoms with Gasteiger partial charge < -0.3 is 9.80 Å². The molecule has 0 aromatic carbocycles. The molecule has 2 fully saturated rings. The van der Waals surface area contributed by atoms with E-state index in [1.807, 2.05) is 0 Å². The van der Waals surface area contributed by atoms with Crippen LogP contribution in [0.2, 0.25) is 0 Å². The lowest BCUT2D eigenvalue weighted by atomic mass is 9.89. The van der Waals surface area contributed by atoms with Crippen LogP contribution in [0.3, 0.4) is 0 Å². The summed E-state index contributed by atoms with van der Waals surface area (Å²) in [5.74, 6) is 1.00. The third kappa shape index (κ3) is 2.96. The van der Waals surface area contributed by atoms with Crippen molar-refractivity contribution >= 4 is 0 Å². The Labute approximate surface area is 88.3 Å². The summed E-state index contributed by atoms with van der Waals surface area (Å²) in [4.78, 5) is 4.83. The molecule has 14 heavy (non-hydrogen) atoms. The van der Waals surface area contributed by atoms with Crippen LogP contribution in [-0.2, 0) is 0 Å². The molecule has 82 valence electrons. The van der Waals surface area contributed by atoms with Crippen molar-refractivity contribution in [1.82, 2.24) is 9.80 Å². The van der Waals surface area contributed by atoms with Crippen molar-refractivity contribution in [3.63, 3.8) is 0 Å². The average Bonchev–Trinajstić information content (AvgIpc) is 2.23. The van der Waals surface area contributed by atoms with Crippen molar-refractivity contribution < 1.29 is 0 Å². The molecular weight excluding hydrogens is 172 g/mol. The van der Waals surface area contributed by atoms with E-state index in [4.69, 9.17) is 0 Å². The lowest BCUT2D eigenvalue weighted by molar-refractivity contribution is 0.134. The Bertz CT molecular complexity index is 156. The standard InChI is InChI=1S/C12H23N2/c1-13-7-9-14(10-8-13)11-12-5-3-2-4-6-12/h12H,1-11H2/q-1. The van der Waals surface area contributed by atoms with Gasteiger partial charge in [0.1, 0.15) is 0 Å².